The van der Waals surface area contributed by atoms with Crippen LogP contribution in [0.1, 0.15) is 15.9 Å². The fourth-order valence-electron chi connectivity index (χ4n) is 1.59. The van der Waals surface area contributed by atoms with Gasteiger partial charge in [-0.15, -0.1) is 0 Å². The van der Waals surface area contributed by atoms with Gasteiger partial charge in [-0.3, -0.25) is 0 Å². The van der Waals surface area contributed by atoms with Crippen LogP contribution in [0, 0.1) is 6.92 Å². The summed E-state index contributed by atoms with van der Waals surface area (Å²) in [5.74, 6) is -0.548. The summed E-state index contributed by atoms with van der Waals surface area (Å²) >= 11 is 0. The first kappa shape index (κ1) is 16.6. The number of nitrogens with zero attached hydrogens (tertiary/aromatic N) is 1. The second-order valence-electron chi connectivity index (χ2n) is 4.67. The Kier molecular flexibility index (Phi) is 5.67. The van der Waals surface area contributed by atoms with Gasteiger partial charge in [0.1, 0.15) is 0 Å². The molecule has 0 atom stereocenters. The van der Waals surface area contributed by atoms with Crippen molar-refractivity contribution in [3.8, 4) is 0 Å². The highest BCUT2D eigenvalue weighted by molar-refractivity contribution is 7.89. The van der Waals surface area contributed by atoms with Gasteiger partial charge in [0.2, 0.25) is 10.0 Å². The second kappa shape index (κ2) is 6.83. The molecule has 0 heterocycles. The van der Waals surface area contributed by atoms with Gasteiger partial charge in [-0.1, -0.05) is 6.07 Å². The number of rotatable bonds is 6. The van der Waals surface area contributed by atoms with E-state index in [4.69, 9.17) is 0 Å². The predicted molar refractivity (Wildman–Crippen MR) is 76.3 cm³/mol. The fourth-order valence-corrected chi connectivity index (χ4v) is 2.63. The maximum Gasteiger partial charge on any atom is 0.338 e. The van der Waals surface area contributed by atoms with Crippen LogP contribution in [-0.4, -0.2) is 53.6 Å². The standard InChI is InChI=1S/C13H20N2O4S/c1-10-5-6-11(9-12(10)13(16)19-4)20(17,18)14-7-8-15(2)3/h5-6,9,14H,7-8H2,1-4H3. The number of methoxy groups -OCH3 is 1. The SMILES string of the molecule is COC(=O)c1cc(S(=O)(=O)NCCN(C)C)ccc1C. The Morgan fingerprint density at radius 2 is 2.00 bits per heavy atom. The molecule has 0 aliphatic heterocycles. The number of esters is 1. The molecule has 1 aromatic rings. The molecule has 1 N–H and O–H groups in total. The Bertz CT molecular complexity index is 582. The highest BCUT2D eigenvalue weighted by Crippen LogP contribution is 2.16. The minimum Gasteiger partial charge on any atom is -0.465 e. The van der Waals surface area contributed by atoms with Gasteiger partial charge in [-0.05, 0) is 38.7 Å². The third-order valence-electron chi connectivity index (χ3n) is 2.78. The molecule has 0 bridgehead atoms. The van der Waals surface area contributed by atoms with Crippen molar-refractivity contribution in [1.82, 2.24) is 9.62 Å². The molecule has 6 nitrogen and oxygen atoms in total. The van der Waals surface area contributed by atoms with Crippen molar-refractivity contribution in [2.24, 2.45) is 0 Å². The van der Waals surface area contributed by atoms with Crippen molar-refractivity contribution in [2.75, 3.05) is 34.3 Å². The lowest BCUT2D eigenvalue weighted by atomic mass is 10.1. The smallest absolute Gasteiger partial charge is 0.338 e. The number of carbonyl (C=O) groups excluding carboxylic acids is 1. The highest BCUT2D eigenvalue weighted by atomic mass is 32.2. The number of hydrogen-bond acceptors (Lipinski definition) is 5. The molecule has 1 rings (SSSR count). The monoisotopic (exact) mass is 300 g/mol. The van der Waals surface area contributed by atoms with Gasteiger partial charge in [-0.25, -0.2) is 17.9 Å². The first-order valence-electron chi connectivity index (χ1n) is 6.11. The summed E-state index contributed by atoms with van der Waals surface area (Å²) < 4.78 is 31.3. The summed E-state index contributed by atoms with van der Waals surface area (Å²) in [6, 6.07) is 4.39. The first-order valence-corrected chi connectivity index (χ1v) is 7.59. The summed E-state index contributed by atoms with van der Waals surface area (Å²) in [7, 11) is 1.35. The van der Waals surface area contributed by atoms with E-state index in [1.54, 1.807) is 13.0 Å². The van der Waals surface area contributed by atoms with Crippen molar-refractivity contribution < 1.29 is 17.9 Å². The average molecular weight is 300 g/mol. The van der Waals surface area contributed by atoms with Crippen LogP contribution in [0.15, 0.2) is 23.1 Å². The maximum absolute atomic E-state index is 12.1. The van der Waals surface area contributed by atoms with Crippen molar-refractivity contribution in [3.63, 3.8) is 0 Å². The van der Waals surface area contributed by atoms with Crippen LogP contribution in [0.2, 0.25) is 0 Å². The molecular formula is C13H20N2O4S. The molecule has 0 aliphatic carbocycles. The molecule has 0 radical (unpaired) electrons. The summed E-state index contributed by atoms with van der Waals surface area (Å²) in [4.78, 5) is 13.5. The average Bonchev–Trinajstić information content (AvgIpc) is 2.37. The summed E-state index contributed by atoms with van der Waals surface area (Å²) in [6.07, 6.45) is 0. The second-order valence-corrected chi connectivity index (χ2v) is 6.44. The van der Waals surface area contributed by atoms with E-state index < -0.39 is 16.0 Å². The quantitative estimate of drug-likeness (QED) is 0.780. The molecule has 0 aliphatic rings. The molecule has 7 heteroatoms. The molecule has 1 aromatic carbocycles. The Balaban J connectivity index is 2.98. The van der Waals surface area contributed by atoms with Crippen LogP contribution < -0.4 is 4.72 Å². The van der Waals surface area contributed by atoms with E-state index >= 15 is 0 Å². The number of benzene rings is 1. The summed E-state index contributed by atoms with van der Waals surface area (Å²) in [5, 5.41) is 0. The van der Waals surface area contributed by atoms with E-state index in [1.807, 2.05) is 19.0 Å². The third-order valence-corrected chi connectivity index (χ3v) is 4.23. The molecule has 112 valence electrons. The number of likely N-dealkylation sites (N-methyl/N-ethyl adjacent to an activating group) is 1. The molecule has 0 saturated heterocycles. The minimum absolute atomic E-state index is 0.0576. The van der Waals surface area contributed by atoms with E-state index in [0.717, 1.165) is 0 Å². The van der Waals surface area contributed by atoms with Crippen LogP contribution in [0.3, 0.4) is 0 Å². The van der Waals surface area contributed by atoms with Crippen LogP contribution in [-0.2, 0) is 14.8 Å². The van der Waals surface area contributed by atoms with E-state index in [-0.39, 0.29) is 10.5 Å². The lowest BCUT2D eigenvalue weighted by Crippen LogP contribution is -2.31. The van der Waals surface area contributed by atoms with E-state index in [2.05, 4.69) is 9.46 Å². The maximum atomic E-state index is 12.1. The zero-order valence-corrected chi connectivity index (χ0v) is 13.0. The number of aryl methyl sites for hydroxylation is 1. The van der Waals surface area contributed by atoms with E-state index in [9.17, 15) is 13.2 Å². The molecule has 0 aromatic heterocycles. The lowest BCUT2D eigenvalue weighted by Gasteiger charge is -2.12. The van der Waals surface area contributed by atoms with Gasteiger partial charge in [0.05, 0.1) is 17.6 Å². The highest BCUT2D eigenvalue weighted by Gasteiger charge is 2.17. The molecule has 0 amide bonds. The van der Waals surface area contributed by atoms with Gasteiger partial charge in [0.15, 0.2) is 0 Å². The molecule has 0 spiro atoms. The van der Waals surface area contributed by atoms with Crippen molar-refractivity contribution in [3.05, 3.63) is 29.3 Å². The lowest BCUT2D eigenvalue weighted by molar-refractivity contribution is 0.0599. The topological polar surface area (TPSA) is 75.7 Å². The van der Waals surface area contributed by atoms with Gasteiger partial charge < -0.3 is 9.64 Å². The molecule has 0 unspecified atom stereocenters. The van der Waals surface area contributed by atoms with Gasteiger partial charge >= 0.3 is 5.97 Å². The van der Waals surface area contributed by atoms with Crippen molar-refractivity contribution >= 4 is 16.0 Å². The molecule has 0 fully saturated rings. The van der Waals surface area contributed by atoms with Crippen LogP contribution in [0.4, 0.5) is 0 Å². The zero-order valence-electron chi connectivity index (χ0n) is 12.1. The van der Waals surface area contributed by atoms with Crippen LogP contribution >= 0.6 is 0 Å². The van der Waals surface area contributed by atoms with Gasteiger partial charge in [0.25, 0.3) is 0 Å². The van der Waals surface area contributed by atoms with Crippen LogP contribution in [0.5, 0.6) is 0 Å². The number of ether oxygens (including phenoxy) is 1. The Hall–Kier alpha value is -1.44. The Morgan fingerprint density at radius 3 is 2.55 bits per heavy atom. The van der Waals surface area contributed by atoms with E-state index in [0.29, 0.717) is 18.7 Å². The fraction of sp³-hybridized carbons (Fsp3) is 0.462. The summed E-state index contributed by atoms with van der Waals surface area (Å²) in [5.41, 5.74) is 0.923. The Labute approximate surface area is 119 Å². The predicted octanol–water partition coefficient (Wildman–Crippen LogP) is 0.622. The van der Waals surface area contributed by atoms with E-state index in [1.165, 1.54) is 19.2 Å². The number of carbonyl (C=O) groups is 1. The largest absolute Gasteiger partial charge is 0.465 e. The zero-order chi connectivity index (χ0) is 15.3. The van der Waals surface area contributed by atoms with Gasteiger partial charge in [0, 0.05) is 13.1 Å². The van der Waals surface area contributed by atoms with Crippen LogP contribution in [0.25, 0.3) is 0 Å². The Morgan fingerprint density at radius 1 is 1.35 bits per heavy atom. The number of nitrogens with one attached hydrogen (secondary N) is 1. The van der Waals surface area contributed by atoms with Crippen molar-refractivity contribution in [1.29, 1.82) is 0 Å². The third kappa shape index (κ3) is 4.29. The number of sulfonamides is 1. The first-order chi connectivity index (χ1) is 9.27. The minimum atomic E-state index is -3.62. The van der Waals surface area contributed by atoms with Crippen molar-refractivity contribution in [2.45, 2.75) is 11.8 Å². The van der Waals surface area contributed by atoms with Gasteiger partial charge in [-0.2, -0.15) is 0 Å². The summed E-state index contributed by atoms with van der Waals surface area (Å²) in [6.45, 7) is 2.62. The number of hydrogen-bond donors (Lipinski definition) is 1. The molecule has 0 saturated carbocycles. The molecule has 20 heavy (non-hydrogen) atoms. The molecular weight excluding hydrogens is 280 g/mol. The normalized spacial score (nSPS) is 11.7.